The molecule has 0 unspecified atom stereocenters. The van der Waals surface area contributed by atoms with Gasteiger partial charge in [0.05, 0.1) is 17.9 Å². The maximum absolute atomic E-state index is 11.9. The molecule has 27 heavy (non-hydrogen) atoms. The molecule has 6 nitrogen and oxygen atoms in total. The minimum atomic E-state index is -0.359. The van der Waals surface area contributed by atoms with Crippen LogP contribution >= 0.6 is 0 Å². The van der Waals surface area contributed by atoms with E-state index >= 15 is 0 Å². The molecular formula is C21H30N4O2. The summed E-state index contributed by atoms with van der Waals surface area (Å²) in [5, 5.41) is 6.76. The molecule has 0 amide bonds. The lowest BCUT2D eigenvalue weighted by atomic mass is 10.1. The average molecular weight is 370 g/mol. The number of nitrogens with zero attached hydrogens (tertiary/aromatic N) is 2. The number of carbonyl (C=O) groups is 1. The Labute approximate surface area is 161 Å². The number of nitrogens with one attached hydrogen (secondary N) is 2. The number of ether oxygens (including phenoxy) is 1. The first kappa shape index (κ1) is 21.0. The summed E-state index contributed by atoms with van der Waals surface area (Å²) in [6, 6.07) is 8.82. The molecule has 0 radical (unpaired) electrons. The quantitative estimate of drug-likeness (QED) is 0.441. The van der Waals surface area contributed by atoms with Gasteiger partial charge in [-0.2, -0.15) is 0 Å². The van der Waals surface area contributed by atoms with E-state index in [9.17, 15) is 4.79 Å². The molecule has 1 aromatic heterocycles. The summed E-state index contributed by atoms with van der Waals surface area (Å²) in [6.07, 6.45) is 5.70. The second-order valence-electron chi connectivity index (χ2n) is 6.27. The van der Waals surface area contributed by atoms with Crippen LogP contribution in [-0.4, -0.2) is 48.7 Å². The lowest BCUT2D eigenvalue weighted by molar-refractivity contribution is 0.0524. The summed E-state index contributed by atoms with van der Waals surface area (Å²) in [6.45, 7) is 7.93. The van der Waals surface area contributed by atoms with Crippen molar-refractivity contribution < 1.29 is 9.53 Å². The van der Waals surface area contributed by atoms with Crippen LogP contribution in [0, 0.1) is 0 Å². The molecule has 2 aromatic rings. The zero-order valence-corrected chi connectivity index (χ0v) is 16.3. The molecule has 0 bridgehead atoms. The third kappa shape index (κ3) is 7.45. The topological polar surface area (TPSA) is 76.1 Å². The Kier molecular flexibility index (Phi) is 9.44. The van der Waals surface area contributed by atoms with Crippen molar-refractivity contribution in [2.24, 2.45) is 0 Å². The van der Waals surface area contributed by atoms with Gasteiger partial charge in [0.1, 0.15) is 6.33 Å². The first-order valence-corrected chi connectivity index (χ1v) is 9.69. The average Bonchev–Trinajstić information content (AvgIpc) is 2.69. The van der Waals surface area contributed by atoms with E-state index in [1.165, 1.54) is 23.7 Å². The number of likely N-dealkylation sites (N-methyl/N-ethyl adjacent to an activating group) is 1. The van der Waals surface area contributed by atoms with Gasteiger partial charge in [-0.15, -0.1) is 0 Å². The van der Waals surface area contributed by atoms with Crippen LogP contribution in [0.1, 0.15) is 41.0 Å². The van der Waals surface area contributed by atoms with E-state index in [0.717, 1.165) is 44.7 Å². The number of hydrogen-bond donors (Lipinski definition) is 2. The SMILES string of the molecule is CCNCCc1ccc(CCNCCc2ncncc2C(=O)OCC)cc1. The van der Waals surface area contributed by atoms with Gasteiger partial charge in [-0.25, -0.2) is 14.8 Å². The van der Waals surface area contributed by atoms with E-state index < -0.39 is 0 Å². The predicted molar refractivity (Wildman–Crippen MR) is 107 cm³/mol. The van der Waals surface area contributed by atoms with Gasteiger partial charge in [-0.05, 0) is 50.5 Å². The van der Waals surface area contributed by atoms with Crippen LogP contribution in [0.5, 0.6) is 0 Å². The molecule has 2 N–H and O–H groups in total. The lowest BCUT2D eigenvalue weighted by Gasteiger charge is -2.09. The zero-order chi connectivity index (χ0) is 19.3. The molecule has 0 aliphatic rings. The molecule has 0 saturated heterocycles. The van der Waals surface area contributed by atoms with Crippen molar-refractivity contribution in [2.75, 3.05) is 32.8 Å². The maximum atomic E-state index is 11.9. The van der Waals surface area contributed by atoms with Crippen LogP contribution in [0.15, 0.2) is 36.8 Å². The van der Waals surface area contributed by atoms with E-state index in [-0.39, 0.29) is 5.97 Å². The number of benzene rings is 1. The second kappa shape index (κ2) is 12.1. The van der Waals surface area contributed by atoms with Crippen molar-refractivity contribution in [1.29, 1.82) is 0 Å². The van der Waals surface area contributed by atoms with Crippen molar-refractivity contribution in [3.8, 4) is 0 Å². The summed E-state index contributed by atoms with van der Waals surface area (Å²) in [5.41, 5.74) is 3.86. The first-order chi connectivity index (χ1) is 13.2. The number of esters is 1. The van der Waals surface area contributed by atoms with Crippen LogP contribution in [-0.2, 0) is 24.0 Å². The molecular weight excluding hydrogens is 340 g/mol. The summed E-state index contributed by atoms with van der Waals surface area (Å²) < 4.78 is 5.05. The van der Waals surface area contributed by atoms with E-state index in [1.54, 1.807) is 6.92 Å². The van der Waals surface area contributed by atoms with Crippen molar-refractivity contribution in [1.82, 2.24) is 20.6 Å². The molecule has 0 aliphatic carbocycles. The molecule has 0 fully saturated rings. The summed E-state index contributed by atoms with van der Waals surface area (Å²) in [5.74, 6) is -0.359. The normalized spacial score (nSPS) is 10.7. The Morgan fingerprint density at radius 3 is 2.22 bits per heavy atom. The second-order valence-corrected chi connectivity index (χ2v) is 6.27. The number of aromatic nitrogens is 2. The number of carbonyl (C=O) groups excluding carboxylic acids is 1. The predicted octanol–water partition coefficient (Wildman–Crippen LogP) is 2.18. The standard InChI is InChI=1S/C21H30N4O2/c1-3-22-12-9-17-5-7-18(8-6-17)10-13-23-14-11-20-19(15-24-16-25-20)21(26)27-4-2/h5-8,15-16,22-23H,3-4,9-14H2,1-2H3. The third-order valence-corrected chi connectivity index (χ3v) is 4.28. The van der Waals surface area contributed by atoms with E-state index in [0.29, 0.717) is 18.6 Å². The van der Waals surface area contributed by atoms with Crippen LogP contribution < -0.4 is 10.6 Å². The fourth-order valence-electron chi connectivity index (χ4n) is 2.78. The van der Waals surface area contributed by atoms with E-state index in [1.807, 2.05) is 0 Å². The highest BCUT2D eigenvalue weighted by Gasteiger charge is 2.13. The van der Waals surface area contributed by atoms with Crippen molar-refractivity contribution >= 4 is 5.97 Å². The fourth-order valence-corrected chi connectivity index (χ4v) is 2.78. The minimum absolute atomic E-state index is 0.347. The molecule has 1 heterocycles. The highest BCUT2D eigenvalue weighted by atomic mass is 16.5. The highest BCUT2D eigenvalue weighted by molar-refractivity contribution is 5.90. The molecule has 1 aromatic carbocycles. The van der Waals surface area contributed by atoms with Gasteiger partial charge in [0, 0.05) is 19.2 Å². The molecule has 0 saturated carbocycles. The van der Waals surface area contributed by atoms with E-state index in [4.69, 9.17) is 4.74 Å². The molecule has 6 heteroatoms. The Hall–Kier alpha value is -2.31. The first-order valence-electron chi connectivity index (χ1n) is 9.69. The van der Waals surface area contributed by atoms with Crippen LogP contribution in [0.2, 0.25) is 0 Å². The van der Waals surface area contributed by atoms with Gasteiger partial charge in [0.25, 0.3) is 0 Å². The lowest BCUT2D eigenvalue weighted by Crippen LogP contribution is -2.22. The Morgan fingerprint density at radius 1 is 0.963 bits per heavy atom. The fraction of sp³-hybridized carbons (Fsp3) is 0.476. The highest BCUT2D eigenvalue weighted by Crippen LogP contribution is 2.07. The monoisotopic (exact) mass is 370 g/mol. The van der Waals surface area contributed by atoms with Crippen molar-refractivity contribution in [2.45, 2.75) is 33.1 Å². The molecule has 0 atom stereocenters. The minimum Gasteiger partial charge on any atom is -0.462 e. The Morgan fingerprint density at radius 2 is 1.59 bits per heavy atom. The summed E-state index contributed by atoms with van der Waals surface area (Å²) in [7, 11) is 0. The van der Waals surface area contributed by atoms with Gasteiger partial charge >= 0.3 is 5.97 Å². The van der Waals surface area contributed by atoms with Crippen molar-refractivity contribution in [3.05, 3.63) is 59.2 Å². The summed E-state index contributed by atoms with van der Waals surface area (Å²) >= 11 is 0. The van der Waals surface area contributed by atoms with Gasteiger partial charge in [0.15, 0.2) is 0 Å². The number of hydrogen-bond acceptors (Lipinski definition) is 6. The van der Waals surface area contributed by atoms with E-state index in [2.05, 4.69) is 51.8 Å². The van der Waals surface area contributed by atoms with Gasteiger partial charge < -0.3 is 15.4 Å². The van der Waals surface area contributed by atoms with Crippen molar-refractivity contribution in [3.63, 3.8) is 0 Å². The Bertz CT molecular complexity index is 689. The number of rotatable bonds is 12. The van der Waals surface area contributed by atoms with Crippen LogP contribution in [0.4, 0.5) is 0 Å². The smallest absolute Gasteiger partial charge is 0.341 e. The molecule has 0 spiro atoms. The third-order valence-electron chi connectivity index (χ3n) is 4.28. The molecule has 0 aliphatic heterocycles. The van der Waals surface area contributed by atoms with Crippen LogP contribution in [0.3, 0.4) is 0 Å². The maximum Gasteiger partial charge on any atom is 0.341 e. The molecule has 146 valence electrons. The van der Waals surface area contributed by atoms with Gasteiger partial charge in [-0.1, -0.05) is 31.2 Å². The zero-order valence-electron chi connectivity index (χ0n) is 16.3. The van der Waals surface area contributed by atoms with Gasteiger partial charge in [-0.3, -0.25) is 0 Å². The molecule has 2 rings (SSSR count). The van der Waals surface area contributed by atoms with Crippen LogP contribution in [0.25, 0.3) is 0 Å². The Balaban J connectivity index is 1.71. The largest absolute Gasteiger partial charge is 0.462 e. The van der Waals surface area contributed by atoms with Gasteiger partial charge in [0.2, 0.25) is 0 Å². The summed E-state index contributed by atoms with van der Waals surface area (Å²) in [4.78, 5) is 20.1.